The first-order chi connectivity index (χ1) is 9.86. The average Bonchev–Trinajstić information content (AvgIpc) is 2.47. The molecule has 1 heteroatoms. The van der Waals surface area contributed by atoms with Gasteiger partial charge in [0, 0.05) is 18.6 Å². The van der Waals surface area contributed by atoms with Crippen molar-refractivity contribution in [1.82, 2.24) is 0 Å². The van der Waals surface area contributed by atoms with Crippen LogP contribution in [0, 0.1) is 0 Å². The second-order valence-electron chi connectivity index (χ2n) is 6.02. The largest absolute Gasteiger partial charge is 0.205 e. The van der Waals surface area contributed by atoms with Crippen LogP contribution in [0.2, 0.25) is 0 Å². The Hall–Kier alpha value is -0.850. The van der Waals surface area contributed by atoms with E-state index in [2.05, 4.69) is 42.9 Å². The highest BCUT2D eigenvalue weighted by Crippen LogP contribution is 2.11. The minimum Gasteiger partial charge on any atom is -0.205 e. The molecule has 0 N–H and O–H groups in total. The van der Waals surface area contributed by atoms with Crippen LogP contribution in [-0.2, 0) is 13.0 Å². The van der Waals surface area contributed by atoms with E-state index >= 15 is 0 Å². The first-order valence-corrected chi connectivity index (χ1v) is 8.84. The zero-order chi connectivity index (χ0) is 14.5. The van der Waals surface area contributed by atoms with E-state index < -0.39 is 0 Å². The predicted octanol–water partition coefficient (Wildman–Crippen LogP) is 5.46. The van der Waals surface area contributed by atoms with Gasteiger partial charge in [0.25, 0.3) is 0 Å². The van der Waals surface area contributed by atoms with Crippen LogP contribution in [0.15, 0.2) is 24.5 Å². The monoisotopic (exact) mass is 276 g/mol. The molecule has 0 spiro atoms. The molecular weight excluding hydrogens is 242 g/mol. The Kier molecular flexibility index (Phi) is 10.3. The summed E-state index contributed by atoms with van der Waals surface area (Å²) >= 11 is 0. The summed E-state index contributed by atoms with van der Waals surface area (Å²) in [4.78, 5) is 0. The van der Waals surface area contributed by atoms with E-state index in [-0.39, 0.29) is 0 Å². The van der Waals surface area contributed by atoms with Gasteiger partial charge in [-0.05, 0) is 18.4 Å². The lowest BCUT2D eigenvalue weighted by Crippen LogP contribution is -2.32. The van der Waals surface area contributed by atoms with Gasteiger partial charge in [0.2, 0.25) is 0 Å². The number of aryl methyl sites for hydroxylation is 2. The molecule has 114 valence electrons. The molecule has 1 heterocycles. The van der Waals surface area contributed by atoms with Crippen LogP contribution >= 0.6 is 0 Å². The second kappa shape index (κ2) is 11.9. The lowest BCUT2D eigenvalue weighted by Gasteiger charge is -2.02. The van der Waals surface area contributed by atoms with Crippen molar-refractivity contribution in [2.24, 2.45) is 0 Å². The smallest absolute Gasteiger partial charge is 0.169 e. The van der Waals surface area contributed by atoms with E-state index in [1.54, 1.807) is 0 Å². The minimum absolute atomic E-state index is 1.14. The summed E-state index contributed by atoms with van der Waals surface area (Å²) in [7, 11) is 0. The maximum Gasteiger partial charge on any atom is 0.169 e. The molecule has 0 saturated heterocycles. The molecule has 1 nitrogen and oxygen atoms in total. The highest BCUT2D eigenvalue weighted by molar-refractivity contribution is 5.07. The summed E-state index contributed by atoms with van der Waals surface area (Å²) in [5.41, 5.74) is 1.50. The molecule has 0 radical (unpaired) electrons. The van der Waals surface area contributed by atoms with Crippen molar-refractivity contribution < 1.29 is 4.57 Å². The van der Waals surface area contributed by atoms with Gasteiger partial charge < -0.3 is 0 Å². The van der Waals surface area contributed by atoms with E-state index in [4.69, 9.17) is 0 Å². The number of pyridine rings is 1. The van der Waals surface area contributed by atoms with Gasteiger partial charge in [0.1, 0.15) is 6.54 Å². The third-order valence-corrected chi connectivity index (χ3v) is 4.01. The standard InChI is InChI=1S/C19H34N/c1-3-5-6-7-8-9-10-11-12-13-19-14-17-20(16-4-2)18-15-19/h14-15,17-18H,3-13,16H2,1-2H3/q+1. The summed E-state index contributed by atoms with van der Waals surface area (Å²) in [5, 5.41) is 0. The van der Waals surface area contributed by atoms with Crippen LogP contribution in [0.4, 0.5) is 0 Å². The van der Waals surface area contributed by atoms with E-state index in [9.17, 15) is 0 Å². The Morgan fingerprint density at radius 1 is 0.700 bits per heavy atom. The van der Waals surface area contributed by atoms with Crippen LogP contribution in [0.3, 0.4) is 0 Å². The Bertz CT molecular complexity index is 315. The number of nitrogens with zero attached hydrogens (tertiary/aromatic N) is 1. The van der Waals surface area contributed by atoms with Crippen LogP contribution in [0.1, 0.15) is 83.6 Å². The molecule has 0 aliphatic heterocycles. The molecule has 0 bridgehead atoms. The van der Waals surface area contributed by atoms with Crippen molar-refractivity contribution in [3.63, 3.8) is 0 Å². The highest BCUT2D eigenvalue weighted by atomic mass is 14.9. The normalized spacial score (nSPS) is 10.9. The maximum atomic E-state index is 2.29. The number of rotatable bonds is 12. The van der Waals surface area contributed by atoms with Gasteiger partial charge in [0.15, 0.2) is 12.4 Å². The number of unbranched alkanes of at least 4 members (excludes halogenated alkanes) is 8. The highest BCUT2D eigenvalue weighted by Gasteiger charge is 1.99. The summed E-state index contributed by atoms with van der Waals surface area (Å²) in [6, 6.07) is 4.58. The van der Waals surface area contributed by atoms with Crippen molar-refractivity contribution in [2.75, 3.05) is 0 Å². The summed E-state index contributed by atoms with van der Waals surface area (Å²) in [5.74, 6) is 0. The van der Waals surface area contributed by atoms with Crippen molar-refractivity contribution in [3.8, 4) is 0 Å². The van der Waals surface area contributed by atoms with E-state index in [0.29, 0.717) is 0 Å². The van der Waals surface area contributed by atoms with Gasteiger partial charge in [-0.15, -0.1) is 0 Å². The average molecular weight is 276 g/mol. The predicted molar refractivity (Wildman–Crippen MR) is 87.9 cm³/mol. The fraction of sp³-hybridized carbons (Fsp3) is 0.737. The molecular formula is C19H34N+. The summed E-state index contributed by atoms with van der Waals surface area (Å²) in [6.45, 7) is 5.65. The molecule has 0 saturated carbocycles. The quantitative estimate of drug-likeness (QED) is 0.353. The zero-order valence-electron chi connectivity index (χ0n) is 13.7. The van der Waals surface area contributed by atoms with Crippen LogP contribution in [0.5, 0.6) is 0 Å². The molecule has 0 aromatic carbocycles. The topological polar surface area (TPSA) is 3.88 Å². The molecule has 20 heavy (non-hydrogen) atoms. The Labute approximate surface area is 126 Å². The van der Waals surface area contributed by atoms with Gasteiger partial charge in [-0.3, -0.25) is 0 Å². The van der Waals surface area contributed by atoms with Gasteiger partial charge in [-0.1, -0.05) is 65.2 Å². The Morgan fingerprint density at radius 3 is 1.80 bits per heavy atom. The van der Waals surface area contributed by atoms with Gasteiger partial charge in [-0.25, -0.2) is 4.57 Å². The molecule has 0 atom stereocenters. The first-order valence-electron chi connectivity index (χ1n) is 8.84. The fourth-order valence-electron chi connectivity index (χ4n) is 2.70. The molecule has 1 rings (SSSR count). The van der Waals surface area contributed by atoms with E-state index in [0.717, 1.165) is 6.54 Å². The maximum absolute atomic E-state index is 2.29. The third-order valence-electron chi connectivity index (χ3n) is 4.01. The lowest BCUT2D eigenvalue weighted by molar-refractivity contribution is -0.697. The molecule has 0 aliphatic rings. The molecule has 0 unspecified atom stereocenters. The molecule has 0 amide bonds. The third kappa shape index (κ3) is 8.35. The number of aromatic nitrogens is 1. The lowest BCUT2D eigenvalue weighted by atomic mass is 10.0. The SMILES string of the molecule is CCCCCCCCCCCc1cc[n+](CCC)cc1. The zero-order valence-corrected chi connectivity index (χ0v) is 13.7. The fourth-order valence-corrected chi connectivity index (χ4v) is 2.70. The van der Waals surface area contributed by atoms with E-state index in [1.165, 1.54) is 76.2 Å². The number of hydrogen-bond acceptors (Lipinski definition) is 0. The van der Waals surface area contributed by atoms with Crippen LogP contribution in [0.25, 0.3) is 0 Å². The van der Waals surface area contributed by atoms with Crippen LogP contribution < -0.4 is 4.57 Å². The van der Waals surface area contributed by atoms with Crippen molar-refractivity contribution in [1.29, 1.82) is 0 Å². The summed E-state index contributed by atoms with van der Waals surface area (Å²) in [6.07, 6.45) is 19.7. The molecule has 0 fully saturated rings. The van der Waals surface area contributed by atoms with Gasteiger partial charge >= 0.3 is 0 Å². The minimum atomic E-state index is 1.14. The Morgan fingerprint density at radius 2 is 1.25 bits per heavy atom. The number of hydrogen-bond donors (Lipinski definition) is 0. The van der Waals surface area contributed by atoms with Gasteiger partial charge in [0.05, 0.1) is 0 Å². The van der Waals surface area contributed by atoms with E-state index in [1.807, 2.05) is 0 Å². The van der Waals surface area contributed by atoms with Crippen molar-refractivity contribution in [3.05, 3.63) is 30.1 Å². The Balaban J connectivity index is 1.98. The van der Waals surface area contributed by atoms with Crippen molar-refractivity contribution >= 4 is 0 Å². The van der Waals surface area contributed by atoms with Crippen molar-refractivity contribution in [2.45, 2.75) is 91.0 Å². The molecule has 0 aliphatic carbocycles. The first kappa shape index (κ1) is 17.2. The van der Waals surface area contributed by atoms with Crippen LogP contribution in [-0.4, -0.2) is 0 Å². The second-order valence-corrected chi connectivity index (χ2v) is 6.02. The van der Waals surface area contributed by atoms with Gasteiger partial charge in [-0.2, -0.15) is 0 Å². The summed E-state index contributed by atoms with van der Waals surface area (Å²) < 4.78 is 2.28. The molecule has 1 aromatic rings. The molecule has 1 aromatic heterocycles.